The number of nitrogens with one attached hydrogen (secondary N) is 1. The summed E-state index contributed by atoms with van der Waals surface area (Å²) < 4.78 is 4.54. The molecule has 0 saturated carbocycles. The van der Waals surface area contributed by atoms with Crippen LogP contribution in [0.25, 0.3) is 0 Å². The minimum absolute atomic E-state index is 0.108. The van der Waals surface area contributed by atoms with Gasteiger partial charge in [0, 0.05) is 6.04 Å². The summed E-state index contributed by atoms with van der Waals surface area (Å²) >= 11 is 0. The molecule has 1 aromatic rings. The molecule has 0 aromatic heterocycles. The fourth-order valence-corrected chi connectivity index (χ4v) is 1.73. The Morgan fingerprint density at radius 3 is 2.67 bits per heavy atom. The molecule has 1 aliphatic rings. The Labute approximate surface area is 108 Å². The standard InChI is InChI=1S/C8H8O2.C6H13NO/c9-7-10-6-8-4-2-1-3-5-8;1-5-6(8)3-2-4-7-5/h1-5,7H,6H2;5-8H,2-4H2,1H3. The molecule has 0 spiro atoms. The SMILES string of the molecule is CC1NCCCC1O.O=COCc1ccccc1. The van der Waals surface area contributed by atoms with Crippen LogP contribution in [0.2, 0.25) is 0 Å². The lowest BCUT2D eigenvalue weighted by atomic mass is 10.0. The van der Waals surface area contributed by atoms with Gasteiger partial charge >= 0.3 is 0 Å². The number of piperidine rings is 1. The minimum atomic E-state index is -0.108. The summed E-state index contributed by atoms with van der Waals surface area (Å²) in [6.07, 6.45) is 1.98. The van der Waals surface area contributed by atoms with Gasteiger partial charge in [0.15, 0.2) is 0 Å². The largest absolute Gasteiger partial charge is 0.463 e. The Morgan fingerprint density at radius 1 is 1.44 bits per heavy atom. The van der Waals surface area contributed by atoms with E-state index in [-0.39, 0.29) is 6.10 Å². The van der Waals surface area contributed by atoms with E-state index in [0.29, 0.717) is 19.1 Å². The smallest absolute Gasteiger partial charge is 0.293 e. The molecule has 100 valence electrons. The highest BCUT2D eigenvalue weighted by molar-refractivity contribution is 5.37. The lowest BCUT2D eigenvalue weighted by Gasteiger charge is -2.25. The fourth-order valence-electron chi connectivity index (χ4n) is 1.73. The van der Waals surface area contributed by atoms with Gasteiger partial charge < -0.3 is 15.2 Å². The summed E-state index contributed by atoms with van der Waals surface area (Å²) in [5.74, 6) is 0. The molecule has 2 N–H and O–H groups in total. The van der Waals surface area contributed by atoms with Crippen molar-refractivity contribution in [2.24, 2.45) is 0 Å². The average molecular weight is 251 g/mol. The third-order valence-electron chi connectivity index (χ3n) is 2.88. The van der Waals surface area contributed by atoms with Gasteiger partial charge in [-0.2, -0.15) is 0 Å². The molecule has 18 heavy (non-hydrogen) atoms. The molecule has 1 heterocycles. The van der Waals surface area contributed by atoms with Crippen LogP contribution in [0, 0.1) is 0 Å². The van der Waals surface area contributed by atoms with E-state index in [4.69, 9.17) is 5.11 Å². The van der Waals surface area contributed by atoms with Gasteiger partial charge in [0.05, 0.1) is 6.10 Å². The van der Waals surface area contributed by atoms with Crippen LogP contribution in [-0.2, 0) is 16.1 Å². The Morgan fingerprint density at radius 2 is 2.17 bits per heavy atom. The number of rotatable bonds is 3. The van der Waals surface area contributed by atoms with Gasteiger partial charge in [-0.05, 0) is 31.9 Å². The summed E-state index contributed by atoms with van der Waals surface area (Å²) in [6, 6.07) is 9.86. The number of aliphatic hydroxyl groups excluding tert-OH is 1. The topological polar surface area (TPSA) is 58.6 Å². The molecule has 0 amide bonds. The van der Waals surface area contributed by atoms with E-state index in [1.165, 1.54) is 0 Å². The van der Waals surface area contributed by atoms with E-state index < -0.39 is 0 Å². The van der Waals surface area contributed by atoms with Crippen molar-refractivity contribution < 1.29 is 14.6 Å². The highest BCUT2D eigenvalue weighted by Crippen LogP contribution is 2.06. The zero-order valence-corrected chi connectivity index (χ0v) is 10.7. The van der Waals surface area contributed by atoms with Crippen LogP contribution in [0.1, 0.15) is 25.3 Å². The second-order valence-corrected chi connectivity index (χ2v) is 4.35. The molecule has 2 unspecified atom stereocenters. The third kappa shape index (κ3) is 5.80. The van der Waals surface area contributed by atoms with Gasteiger partial charge in [0.1, 0.15) is 6.61 Å². The maximum atomic E-state index is 9.76. The first kappa shape index (κ1) is 14.7. The van der Waals surface area contributed by atoms with Crippen LogP contribution in [0.4, 0.5) is 0 Å². The van der Waals surface area contributed by atoms with Crippen molar-refractivity contribution in [3.05, 3.63) is 35.9 Å². The van der Waals surface area contributed by atoms with Gasteiger partial charge in [-0.15, -0.1) is 0 Å². The molecule has 2 rings (SSSR count). The summed E-state index contributed by atoms with van der Waals surface area (Å²) in [5.41, 5.74) is 1.01. The van der Waals surface area contributed by atoms with E-state index >= 15 is 0 Å². The highest BCUT2D eigenvalue weighted by Gasteiger charge is 2.16. The Balaban J connectivity index is 0.000000184. The second-order valence-electron chi connectivity index (χ2n) is 4.35. The molecule has 2 atom stereocenters. The van der Waals surface area contributed by atoms with Crippen LogP contribution in [0.5, 0.6) is 0 Å². The number of benzene rings is 1. The number of ether oxygens (including phenoxy) is 1. The van der Waals surface area contributed by atoms with E-state index in [0.717, 1.165) is 24.9 Å². The quantitative estimate of drug-likeness (QED) is 0.799. The number of hydrogen-bond acceptors (Lipinski definition) is 4. The van der Waals surface area contributed by atoms with Gasteiger partial charge in [0.25, 0.3) is 6.47 Å². The molecular formula is C14H21NO3. The van der Waals surface area contributed by atoms with Crippen molar-refractivity contribution in [1.82, 2.24) is 5.32 Å². The fraction of sp³-hybridized carbons (Fsp3) is 0.500. The highest BCUT2D eigenvalue weighted by atomic mass is 16.5. The Bertz CT molecular complexity index is 319. The lowest BCUT2D eigenvalue weighted by Crippen LogP contribution is -2.42. The van der Waals surface area contributed by atoms with Crippen molar-refractivity contribution >= 4 is 6.47 Å². The van der Waals surface area contributed by atoms with E-state index in [1.807, 2.05) is 37.3 Å². The molecule has 4 nitrogen and oxygen atoms in total. The summed E-state index contributed by atoms with van der Waals surface area (Å²) in [5, 5.41) is 12.3. The monoisotopic (exact) mass is 251 g/mol. The average Bonchev–Trinajstić information content (AvgIpc) is 2.42. The normalized spacial score (nSPS) is 22.6. The van der Waals surface area contributed by atoms with E-state index in [1.54, 1.807) is 0 Å². The Hall–Kier alpha value is -1.39. The first-order valence-corrected chi connectivity index (χ1v) is 6.24. The van der Waals surface area contributed by atoms with Crippen LogP contribution in [-0.4, -0.2) is 30.3 Å². The molecule has 1 aromatic carbocycles. The van der Waals surface area contributed by atoms with E-state index in [9.17, 15) is 4.79 Å². The van der Waals surface area contributed by atoms with E-state index in [2.05, 4.69) is 10.1 Å². The van der Waals surface area contributed by atoms with Crippen molar-refractivity contribution in [3.63, 3.8) is 0 Å². The maximum Gasteiger partial charge on any atom is 0.293 e. The summed E-state index contributed by atoms with van der Waals surface area (Å²) in [7, 11) is 0. The zero-order valence-electron chi connectivity index (χ0n) is 10.7. The number of hydrogen-bond donors (Lipinski definition) is 2. The first-order valence-electron chi connectivity index (χ1n) is 6.24. The van der Waals surface area contributed by atoms with Crippen LogP contribution < -0.4 is 5.32 Å². The molecule has 1 aliphatic heterocycles. The molecule has 1 saturated heterocycles. The molecule has 0 aliphatic carbocycles. The molecule has 0 bridgehead atoms. The zero-order chi connectivity index (χ0) is 13.2. The van der Waals surface area contributed by atoms with Gasteiger partial charge in [-0.25, -0.2) is 0 Å². The van der Waals surface area contributed by atoms with Crippen LogP contribution >= 0.6 is 0 Å². The van der Waals surface area contributed by atoms with Crippen LogP contribution in [0.15, 0.2) is 30.3 Å². The number of carbonyl (C=O) groups excluding carboxylic acids is 1. The molecule has 4 heteroatoms. The first-order chi connectivity index (χ1) is 8.74. The summed E-state index contributed by atoms with van der Waals surface area (Å²) in [6.45, 7) is 3.90. The predicted octanol–water partition coefficient (Wildman–Crippen LogP) is 1.48. The van der Waals surface area contributed by atoms with Crippen molar-refractivity contribution in [3.8, 4) is 0 Å². The van der Waals surface area contributed by atoms with Gasteiger partial charge in [-0.3, -0.25) is 4.79 Å². The molecular weight excluding hydrogens is 230 g/mol. The van der Waals surface area contributed by atoms with Crippen molar-refractivity contribution in [1.29, 1.82) is 0 Å². The van der Waals surface area contributed by atoms with Crippen LogP contribution in [0.3, 0.4) is 0 Å². The van der Waals surface area contributed by atoms with Crippen molar-refractivity contribution in [2.45, 2.75) is 38.5 Å². The predicted molar refractivity (Wildman–Crippen MR) is 70.0 cm³/mol. The lowest BCUT2D eigenvalue weighted by molar-refractivity contribution is -0.129. The third-order valence-corrected chi connectivity index (χ3v) is 2.88. The maximum absolute atomic E-state index is 9.76. The minimum Gasteiger partial charge on any atom is -0.463 e. The number of aliphatic hydroxyl groups is 1. The molecule has 1 fully saturated rings. The number of carbonyl (C=O) groups is 1. The Kier molecular flexibility index (Phi) is 7.06. The summed E-state index contributed by atoms with van der Waals surface area (Å²) in [4.78, 5) is 9.76. The van der Waals surface area contributed by atoms with Gasteiger partial charge in [-0.1, -0.05) is 30.3 Å². The molecule has 0 radical (unpaired) electrons. The second kappa shape index (κ2) is 8.66. The van der Waals surface area contributed by atoms with Gasteiger partial charge in [0.2, 0.25) is 0 Å². The van der Waals surface area contributed by atoms with Crippen molar-refractivity contribution in [2.75, 3.05) is 6.54 Å².